The number of benzene rings is 4. The quantitative estimate of drug-likeness (QED) is 0.289. The van der Waals surface area contributed by atoms with Gasteiger partial charge in [-0.15, -0.1) is 11.3 Å². The fourth-order valence-corrected chi connectivity index (χ4v) is 5.18. The topological polar surface area (TPSA) is 0 Å². The fraction of sp³-hybridized carbons (Fsp3) is 0.0909. The number of thiophene rings is 1. The van der Waals surface area contributed by atoms with E-state index in [1.54, 1.807) is 0 Å². The first-order chi connectivity index (χ1) is 11.2. The average Bonchev–Trinajstić information content (AvgIpc) is 2.93. The van der Waals surface area contributed by atoms with Crippen LogP contribution in [0.4, 0.5) is 0 Å². The summed E-state index contributed by atoms with van der Waals surface area (Å²) in [4.78, 5) is 0. The maximum atomic E-state index is 2.35. The van der Waals surface area contributed by atoms with Gasteiger partial charge in [-0.05, 0) is 58.7 Å². The molecule has 1 heterocycles. The van der Waals surface area contributed by atoms with Gasteiger partial charge < -0.3 is 0 Å². The van der Waals surface area contributed by atoms with Crippen molar-refractivity contribution in [1.29, 1.82) is 0 Å². The lowest BCUT2D eigenvalue weighted by atomic mass is 9.96. The van der Waals surface area contributed by atoms with E-state index in [9.17, 15) is 0 Å². The van der Waals surface area contributed by atoms with Crippen molar-refractivity contribution in [1.82, 2.24) is 0 Å². The summed E-state index contributed by atoms with van der Waals surface area (Å²) in [5.41, 5.74) is 2.72. The lowest BCUT2D eigenvalue weighted by molar-refractivity contribution is 1.56. The molecule has 0 amide bonds. The third kappa shape index (κ3) is 1.71. The normalized spacial score (nSPS) is 11.9. The minimum absolute atomic E-state index is 1.36. The SMILES string of the molecule is Cc1cc2sc3cc(C)c4ccccc4c3c2c2ccccc12. The first-order valence-electron chi connectivity index (χ1n) is 7.97. The summed E-state index contributed by atoms with van der Waals surface area (Å²) in [5, 5.41) is 8.32. The van der Waals surface area contributed by atoms with Crippen LogP contribution in [-0.2, 0) is 0 Å². The van der Waals surface area contributed by atoms with E-state index in [4.69, 9.17) is 0 Å². The van der Waals surface area contributed by atoms with Crippen LogP contribution in [0.15, 0.2) is 60.7 Å². The summed E-state index contributed by atoms with van der Waals surface area (Å²) in [6.45, 7) is 4.44. The third-order valence-electron chi connectivity index (χ3n) is 4.90. The number of fused-ring (bicyclic) bond motifs is 7. The molecular weight excluding hydrogens is 296 g/mol. The lowest BCUT2D eigenvalue weighted by Gasteiger charge is -2.07. The van der Waals surface area contributed by atoms with Gasteiger partial charge in [0.05, 0.1) is 0 Å². The molecule has 0 unspecified atom stereocenters. The highest BCUT2D eigenvalue weighted by molar-refractivity contribution is 7.26. The van der Waals surface area contributed by atoms with Crippen molar-refractivity contribution < 1.29 is 0 Å². The number of aryl methyl sites for hydroxylation is 2. The predicted molar refractivity (Wildman–Crippen MR) is 104 cm³/mol. The summed E-state index contributed by atoms with van der Waals surface area (Å²) < 4.78 is 2.79. The molecule has 0 fully saturated rings. The number of hydrogen-bond donors (Lipinski definition) is 0. The van der Waals surface area contributed by atoms with Crippen LogP contribution in [0.1, 0.15) is 11.1 Å². The zero-order valence-electron chi connectivity index (χ0n) is 13.2. The van der Waals surface area contributed by atoms with Gasteiger partial charge in [-0.2, -0.15) is 0 Å². The van der Waals surface area contributed by atoms with Crippen LogP contribution in [0, 0.1) is 13.8 Å². The number of rotatable bonds is 0. The van der Waals surface area contributed by atoms with Gasteiger partial charge in [-0.25, -0.2) is 0 Å². The van der Waals surface area contributed by atoms with Crippen LogP contribution in [0.2, 0.25) is 0 Å². The van der Waals surface area contributed by atoms with E-state index in [2.05, 4.69) is 74.5 Å². The van der Waals surface area contributed by atoms with Crippen LogP contribution in [-0.4, -0.2) is 0 Å². The molecule has 0 bridgehead atoms. The third-order valence-corrected chi connectivity index (χ3v) is 5.98. The molecule has 4 aromatic carbocycles. The van der Waals surface area contributed by atoms with Crippen LogP contribution in [0.3, 0.4) is 0 Å². The van der Waals surface area contributed by atoms with Crippen molar-refractivity contribution in [2.24, 2.45) is 0 Å². The molecule has 0 aliphatic carbocycles. The molecule has 0 atom stereocenters. The second-order valence-electron chi connectivity index (χ2n) is 6.33. The van der Waals surface area contributed by atoms with Gasteiger partial charge in [-0.3, -0.25) is 0 Å². The van der Waals surface area contributed by atoms with Crippen LogP contribution in [0.25, 0.3) is 41.7 Å². The van der Waals surface area contributed by atoms with Gasteiger partial charge in [0.15, 0.2) is 0 Å². The van der Waals surface area contributed by atoms with Crippen molar-refractivity contribution >= 4 is 53.1 Å². The van der Waals surface area contributed by atoms with E-state index in [0.717, 1.165) is 0 Å². The first kappa shape index (κ1) is 13.1. The Morgan fingerprint density at radius 1 is 0.565 bits per heavy atom. The Labute approximate surface area is 139 Å². The monoisotopic (exact) mass is 312 g/mol. The Morgan fingerprint density at radius 2 is 0.957 bits per heavy atom. The van der Waals surface area contributed by atoms with Gasteiger partial charge in [0, 0.05) is 20.2 Å². The summed E-state index contributed by atoms with van der Waals surface area (Å²) in [7, 11) is 0. The first-order valence-corrected chi connectivity index (χ1v) is 8.78. The summed E-state index contributed by atoms with van der Waals surface area (Å²) >= 11 is 1.92. The Balaban J connectivity index is 2.18. The van der Waals surface area contributed by atoms with E-state index in [1.165, 1.54) is 52.8 Å². The van der Waals surface area contributed by atoms with Gasteiger partial charge in [0.25, 0.3) is 0 Å². The van der Waals surface area contributed by atoms with Gasteiger partial charge in [0.2, 0.25) is 0 Å². The Kier molecular flexibility index (Phi) is 2.60. The maximum absolute atomic E-state index is 2.35. The van der Waals surface area contributed by atoms with E-state index in [1.807, 2.05) is 11.3 Å². The summed E-state index contributed by atoms with van der Waals surface area (Å²) in [6.07, 6.45) is 0. The highest BCUT2D eigenvalue weighted by Crippen LogP contribution is 2.43. The molecule has 5 aromatic rings. The predicted octanol–water partition coefficient (Wildman–Crippen LogP) is 6.98. The molecule has 0 aliphatic rings. The van der Waals surface area contributed by atoms with Crippen LogP contribution < -0.4 is 0 Å². The molecule has 0 spiro atoms. The molecule has 0 nitrogen and oxygen atoms in total. The molecule has 0 aliphatic heterocycles. The van der Waals surface area contributed by atoms with Crippen molar-refractivity contribution in [3.63, 3.8) is 0 Å². The highest BCUT2D eigenvalue weighted by Gasteiger charge is 2.14. The van der Waals surface area contributed by atoms with E-state index in [-0.39, 0.29) is 0 Å². The molecule has 1 heteroatoms. The molecule has 23 heavy (non-hydrogen) atoms. The van der Waals surface area contributed by atoms with Crippen LogP contribution >= 0.6 is 11.3 Å². The van der Waals surface area contributed by atoms with Crippen LogP contribution in [0.5, 0.6) is 0 Å². The largest absolute Gasteiger partial charge is 0.135 e. The zero-order chi connectivity index (χ0) is 15.6. The van der Waals surface area contributed by atoms with E-state index >= 15 is 0 Å². The maximum Gasteiger partial charge on any atom is 0.0364 e. The van der Waals surface area contributed by atoms with Gasteiger partial charge >= 0.3 is 0 Å². The van der Waals surface area contributed by atoms with E-state index < -0.39 is 0 Å². The van der Waals surface area contributed by atoms with Crippen molar-refractivity contribution in [2.45, 2.75) is 13.8 Å². The minimum Gasteiger partial charge on any atom is -0.135 e. The van der Waals surface area contributed by atoms with Crippen molar-refractivity contribution in [3.05, 3.63) is 71.8 Å². The Hall–Kier alpha value is -2.38. The molecule has 110 valence electrons. The molecule has 0 saturated carbocycles. The molecular formula is C22H16S. The Morgan fingerprint density at radius 3 is 1.39 bits per heavy atom. The standard InChI is InChI=1S/C22H16S/c1-13-11-19-21(17-9-5-3-7-15(13)17)22-18-10-6-4-8-16(18)14(2)12-20(22)23-19/h3-12H,1-2H3. The zero-order valence-corrected chi connectivity index (χ0v) is 14.0. The summed E-state index contributed by atoms with van der Waals surface area (Å²) in [5.74, 6) is 0. The minimum atomic E-state index is 1.36. The molecule has 0 radical (unpaired) electrons. The fourth-order valence-electron chi connectivity index (χ4n) is 3.84. The lowest BCUT2D eigenvalue weighted by Crippen LogP contribution is -1.82. The summed E-state index contributed by atoms with van der Waals surface area (Å²) in [6, 6.07) is 22.3. The average molecular weight is 312 g/mol. The van der Waals surface area contributed by atoms with Crippen molar-refractivity contribution in [2.75, 3.05) is 0 Å². The molecule has 0 saturated heterocycles. The second-order valence-corrected chi connectivity index (χ2v) is 7.41. The number of hydrogen-bond acceptors (Lipinski definition) is 1. The Bertz CT molecular complexity index is 1130. The molecule has 1 aromatic heterocycles. The van der Waals surface area contributed by atoms with Crippen molar-refractivity contribution in [3.8, 4) is 0 Å². The molecule has 5 rings (SSSR count). The highest BCUT2D eigenvalue weighted by atomic mass is 32.1. The second kappa shape index (κ2) is 4.56. The smallest absolute Gasteiger partial charge is 0.0364 e. The molecule has 0 N–H and O–H groups in total. The van der Waals surface area contributed by atoms with Gasteiger partial charge in [-0.1, -0.05) is 48.5 Å². The van der Waals surface area contributed by atoms with Gasteiger partial charge in [0.1, 0.15) is 0 Å². The van der Waals surface area contributed by atoms with E-state index in [0.29, 0.717) is 0 Å².